The lowest BCUT2D eigenvalue weighted by Gasteiger charge is -2.12. The summed E-state index contributed by atoms with van der Waals surface area (Å²) in [6.45, 7) is 0.557. The Morgan fingerprint density at radius 3 is 2.70 bits per heavy atom. The van der Waals surface area contributed by atoms with Gasteiger partial charge >= 0.3 is 0 Å². The van der Waals surface area contributed by atoms with Crippen molar-refractivity contribution in [2.75, 3.05) is 19.5 Å². The van der Waals surface area contributed by atoms with Gasteiger partial charge in [-0.15, -0.1) is 0 Å². The van der Waals surface area contributed by atoms with E-state index in [9.17, 15) is 0 Å². The molecule has 0 spiro atoms. The molecule has 0 aliphatic rings. The van der Waals surface area contributed by atoms with Crippen molar-refractivity contribution in [3.8, 4) is 11.5 Å². The molecule has 2 aromatic rings. The predicted molar refractivity (Wildman–Crippen MR) is 83.8 cm³/mol. The van der Waals surface area contributed by atoms with Gasteiger partial charge in [0.25, 0.3) is 0 Å². The predicted octanol–water partition coefficient (Wildman–Crippen LogP) is 4.13. The maximum absolute atomic E-state index is 6.11. The zero-order chi connectivity index (χ0) is 14.5. The Hall–Kier alpha value is -1.46. The fraction of sp³-hybridized carbons (Fsp3) is 0.214. The molecule has 0 fully saturated rings. The molecule has 0 radical (unpaired) electrons. The summed E-state index contributed by atoms with van der Waals surface area (Å²) >= 11 is 9.43. The number of pyridine rings is 1. The number of nitrogens with one attached hydrogen (secondary N) is 1. The highest BCUT2D eigenvalue weighted by Gasteiger charge is 2.07. The van der Waals surface area contributed by atoms with Gasteiger partial charge in [-0.25, -0.2) is 4.98 Å². The number of benzene rings is 1. The van der Waals surface area contributed by atoms with E-state index in [1.54, 1.807) is 26.5 Å². The van der Waals surface area contributed by atoms with E-state index in [-0.39, 0.29) is 0 Å². The van der Waals surface area contributed by atoms with Crippen LogP contribution in [0.1, 0.15) is 5.56 Å². The molecule has 1 aromatic carbocycles. The topological polar surface area (TPSA) is 43.4 Å². The number of hydrogen-bond donors (Lipinski definition) is 1. The first-order valence-corrected chi connectivity index (χ1v) is 7.07. The van der Waals surface area contributed by atoms with Crippen LogP contribution in [0.3, 0.4) is 0 Å². The van der Waals surface area contributed by atoms with Crippen LogP contribution in [0.15, 0.2) is 34.9 Å². The lowest BCUT2D eigenvalue weighted by molar-refractivity contribution is 0.391. The van der Waals surface area contributed by atoms with Gasteiger partial charge in [0.2, 0.25) is 0 Å². The second-order valence-corrected chi connectivity index (χ2v) is 5.34. The lowest BCUT2D eigenvalue weighted by atomic mass is 10.2. The molecule has 1 heterocycles. The monoisotopic (exact) mass is 356 g/mol. The summed E-state index contributed by atoms with van der Waals surface area (Å²) in [6.07, 6.45) is 1.69. The van der Waals surface area contributed by atoms with Crippen LogP contribution in [0.4, 0.5) is 5.82 Å². The summed E-state index contributed by atoms with van der Waals surface area (Å²) in [5, 5.41) is 3.75. The first-order chi connectivity index (χ1) is 9.63. The maximum atomic E-state index is 6.11. The molecule has 0 atom stereocenters. The first-order valence-electron chi connectivity index (χ1n) is 5.90. The third-order valence-corrected chi connectivity index (χ3v) is 3.47. The van der Waals surface area contributed by atoms with Crippen LogP contribution in [0.5, 0.6) is 11.5 Å². The Labute approximate surface area is 131 Å². The average molecular weight is 358 g/mol. The summed E-state index contributed by atoms with van der Waals surface area (Å²) in [5.41, 5.74) is 0.995. The largest absolute Gasteiger partial charge is 0.497 e. The Kier molecular flexibility index (Phi) is 5.09. The molecule has 2 rings (SSSR count). The van der Waals surface area contributed by atoms with E-state index >= 15 is 0 Å². The first kappa shape index (κ1) is 14.9. The number of halogens is 2. The van der Waals surface area contributed by atoms with Gasteiger partial charge in [0, 0.05) is 28.8 Å². The van der Waals surface area contributed by atoms with E-state index in [2.05, 4.69) is 26.2 Å². The minimum Gasteiger partial charge on any atom is -0.497 e. The van der Waals surface area contributed by atoms with E-state index in [0.717, 1.165) is 21.5 Å². The molecular formula is C14H14BrClN2O2. The van der Waals surface area contributed by atoms with Crippen LogP contribution in [-0.4, -0.2) is 19.2 Å². The van der Waals surface area contributed by atoms with Crippen molar-refractivity contribution in [3.05, 3.63) is 45.5 Å². The molecule has 0 unspecified atom stereocenters. The molecular weight excluding hydrogens is 344 g/mol. The highest BCUT2D eigenvalue weighted by molar-refractivity contribution is 9.10. The van der Waals surface area contributed by atoms with Crippen molar-refractivity contribution in [1.82, 2.24) is 4.98 Å². The van der Waals surface area contributed by atoms with Crippen molar-refractivity contribution >= 4 is 33.3 Å². The van der Waals surface area contributed by atoms with E-state index in [1.165, 1.54) is 0 Å². The standard InChI is InChI=1S/C14H14BrClN2O2/c1-19-11-4-3-9(13(6-11)20-2)7-17-14-12(16)5-10(15)8-18-14/h3-6,8H,7H2,1-2H3,(H,17,18). The van der Waals surface area contributed by atoms with Gasteiger partial charge in [-0.1, -0.05) is 11.6 Å². The van der Waals surface area contributed by atoms with Gasteiger partial charge in [-0.2, -0.15) is 0 Å². The van der Waals surface area contributed by atoms with Gasteiger partial charge in [0.1, 0.15) is 17.3 Å². The fourth-order valence-corrected chi connectivity index (χ4v) is 2.42. The van der Waals surface area contributed by atoms with Crippen molar-refractivity contribution in [1.29, 1.82) is 0 Å². The molecule has 4 nitrogen and oxygen atoms in total. The van der Waals surface area contributed by atoms with E-state index in [0.29, 0.717) is 17.4 Å². The maximum Gasteiger partial charge on any atom is 0.145 e. The number of ether oxygens (including phenoxy) is 2. The summed E-state index contributed by atoms with van der Waals surface area (Å²) in [5.74, 6) is 2.14. The second kappa shape index (κ2) is 6.81. The molecule has 20 heavy (non-hydrogen) atoms. The minimum absolute atomic E-state index is 0.557. The number of anilines is 1. The lowest BCUT2D eigenvalue weighted by Crippen LogP contribution is -2.04. The summed E-state index contributed by atoms with van der Waals surface area (Å²) in [6, 6.07) is 7.46. The molecule has 0 saturated carbocycles. The molecule has 106 valence electrons. The van der Waals surface area contributed by atoms with Crippen molar-refractivity contribution in [3.63, 3.8) is 0 Å². The highest BCUT2D eigenvalue weighted by Crippen LogP contribution is 2.27. The van der Waals surface area contributed by atoms with Crippen LogP contribution >= 0.6 is 27.5 Å². The van der Waals surface area contributed by atoms with E-state index in [4.69, 9.17) is 21.1 Å². The highest BCUT2D eigenvalue weighted by atomic mass is 79.9. The average Bonchev–Trinajstić information content (AvgIpc) is 2.46. The van der Waals surface area contributed by atoms with Crippen LogP contribution in [0, 0.1) is 0 Å². The second-order valence-electron chi connectivity index (χ2n) is 4.02. The molecule has 6 heteroatoms. The van der Waals surface area contributed by atoms with Crippen LogP contribution < -0.4 is 14.8 Å². The summed E-state index contributed by atoms with van der Waals surface area (Å²) in [7, 11) is 3.25. The van der Waals surface area contributed by atoms with Crippen molar-refractivity contribution in [2.45, 2.75) is 6.54 Å². The molecule has 0 bridgehead atoms. The number of hydrogen-bond acceptors (Lipinski definition) is 4. The Morgan fingerprint density at radius 2 is 2.05 bits per heavy atom. The zero-order valence-corrected chi connectivity index (χ0v) is 13.5. The van der Waals surface area contributed by atoms with Crippen LogP contribution in [0.2, 0.25) is 5.02 Å². The molecule has 0 amide bonds. The Balaban J connectivity index is 2.14. The van der Waals surface area contributed by atoms with Crippen LogP contribution in [0.25, 0.3) is 0 Å². The number of aromatic nitrogens is 1. The zero-order valence-electron chi connectivity index (χ0n) is 11.1. The van der Waals surface area contributed by atoms with Gasteiger partial charge in [-0.05, 0) is 34.1 Å². The van der Waals surface area contributed by atoms with Gasteiger partial charge < -0.3 is 14.8 Å². The quantitative estimate of drug-likeness (QED) is 0.874. The molecule has 1 N–H and O–H groups in total. The molecule has 0 aliphatic carbocycles. The third-order valence-electron chi connectivity index (χ3n) is 2.75. The van der Waals surface area contributed by atoms with E-state index < -0.39 is 0 Å². The normalized spacial score (nSPS) is 10.2. The van der Waals surface area contributed by atoms with Crippen molar-refractivity contribution < 1.29 is 9.47 Å². The molecule has 1 aromatic heterocycles. The Bertz CT molecular complexity index is 608. The van der Waals surface area contributed by atoms with Gasteiger partial charge in [-0.3, -0.25) is 0 Å². The number of rotatable bonds is 5. The summed E-state index contributed by atoms with van der Waals surface area (Å²) < 4.78 is 11.4. The van der Waals surface area contributed by atoms with Gasteiger partial charge in [0.05, 0.1) is 19.2 Å². The molecule has 0 saturated heterocycles. The molecule has 0 aliphatic heterocycles. The van der Waals surface area contributed by atoms with Gasteiger partial charge in [0.15, 0.2) is 0 Å². The smallest absolute Gasteiger partial charge is 0.145 e. The van der Waals surface area contributed by atoms with Crippen molar-refractivity contribution in [2.24, 2.45) is 0 Å². The number of methoxy groups -OCH3 is 2. The van der Waals surface area contributed by atoms with E-state index in [1.807, 2.05) is 18.2 Å². The Morgan fingerprint density at radius 1 is 1.25 bits per heavy atom. The summed E-state index contributed by atoms with van der Waals surface area (Å²) in [4.78, 5) is 4.23. The fourth-order valence-electron chi connectivity index (χ4n) is 1.72. The minimum atomic E-state index is 0.557. The van der Waals surface area contributed by atoms with Crippen LogP contribution in [-0.2, 0) is 6.54 Å². The number of nitrogens with zero attached hydrogens (tertiary/aromatic N) is 1. The third kappa shape index (κ3) is 3.55. The SMILES string of the molecule is COc1ccc(CNc2ncc(Br)cc2Cl)c(OC)c1.